The molecule has 0 atom stereocenters. The molecule has 84 valence electrons. The highest BCUT2D eigenvalue weighted by Crippen LogP contribution is 2.39. The summed E-state index contributed by atoms with van der Waals surface area (Å²) >= 11 is 0. The van der Waals surface area contributed by atoms with E-state index >= 15 is 0 Å². The van der Waals surface area contributed by atoms with Crippen LogP contribution in [0.3, 0.4) is 0 Å². The van der Waals surface area contributed by atoms with E-state index in [0.717, 1.165) is 31.4 Å². The zero-order chi connectivity index (χ0) is 11.4. The Bertz CT molecular complexity index is 387. The number of benzene rings is 1. The summed E-state index contributed by atoms with van der Waals surface area (Å²) in [6.07, 6.45) is 3.16. The van der Waals surface area contributed by atoms with Crippen molar-refractivity contribution in [1.29, 1.82) is 5.26 Å². The van der Waals surface area contributed by atoms with E-state index < -0.39 is 0 Å². The average molecular weight is 218 g/mol. The van der Waals surface area contributed by atoms with E-state index in [0.29, 0.717) is 6.54 Å². The normalized spacial score (nSPS) is 17.5. The van der Waals surface area contributed by atoms with Crippen molar-refractivity contribution in [2.24, 2.45) is 5.41 Å². The first kappa shape index (κ1) is 11.1. The Morgan fingerprint density at radius 2 is 2.00 bits per heavy atom. The van der Waals surface area contributed by atoms with Gasteiger partial charge in [0.15, 0.2) is 0 Å². The number of nitrogens with one attached hydrogen (secondary N) is 1. The Hall–Kier alpha value is -1.40. The lowest BCUT2D eigenvalue weighted by Gasteiger charge is -2.35. The summed E-state index contributed by atoms with van der Waals surface area (Å²) in [6.45, 7) is 1.44. The molecule has 0 amide bonds. The van der Waals surface area contributed by atoms with Gasteiger partial charge in [0.1, 0.15) is 5.82 Å². The summed E-state index contributed by atoms with van der Waals surface area (Å²) in [6, 6.07) is 8.84. The predicted molar refractivity (Wildman–Crippen MR) is 60.0 cm³/mol. The van der Waals surface area contributed by atoms with Gasteiger partial charge in [0, 0.05) is 13.1 Å². The van der Waals surface area contributed by atoms with E-state index in [1.807, 2.05) is 0 Å². The highest BCUT2D eigenvalue weighted by molar-refractivity contribution is 5.16. The lowest BCUT2D eigenvalue weighted by molar-refractivity contribution is 0.206. The molecule has 2 nitrogen and oxygen atoms in total. The van der Waals surface area contributed by atoms with E-state index in [4.69, 9.17) is 5.26 Å². The number of halogens is 1. The van der Waals surface area contributed by atoms with Crippen molar-refractivity contribution < 1.29 is 4.39 Å². The highest BCUT2D eigenvalue weighted by atomic mass is 19.1. The molecule has 0 unspecified atom stereocenters. The summed E-state index contributed by atoms with van der Waals surface area (Å²) < 4.78 is 12.7. The van der Waals surface area contributed by atoms with E-state index in [2.05, 4.69) is 11.4 Å². The van der Waals surface area contributed by atoms with Gasteiger partial charge < -0.3 is 5.32 Å². The molecule has 1 aliphatic carbocycles. The van der Waals surface area contributed by atoms with Crippen molar-refractivity contribution in [3.63, 3.8) is 0 Å². The van der Waals surface area contributed by atoms with Gasteiger partial charge in [-0.1, -0.05) is 18.6 Å². The summed E-state index contributed by atoms with van der Waals surface area (Å²) in [5.41, 5.74) is 0.911. The molecule has 0 radical (unpaired) electrons. The molecule has 0 aliphatic heterocycles. The number of rotatable bonds is 4. The molecule has 0 spiro atoms. The molecule has 16 heavy (non-hydrogen) atoms. The van der Waals surface area contributed by atoms with Crippen LogP contribution in [0, 0.1) is 22.6 Å². The second-order valence-electron chi connectivity index (χ2n) is 4.48. The van der Waals surface area contributed by atoms with Crippen LogP contribution in [0.4, 0.5) is 4.39 Å². The third kappa shape index (κ3) is 2.40. The van der Waals surface area contributed by atoms with Crippen LogP contribution in [0.2, 0.25) is 0 Å². The van der Waals surface area contributed by atoms with Crippen molar-refractivity contribution in [1.82, 2.24) is 5.32 Å². The van der Waals surface area contributed by atoms with E-state index in [9.17, 15) is 4.39 Å². The zero-order valence-electron chi connectivity index (χ0n) is 9.17. The van der Waals surface area contributed by atoms with Gasteiger partial charge in [-0.05, 0) is 30.5 Å². The van der Waals surface area contributed by atoms with Gasteiger partial charge >= 0.3 is 0 Å². The van der Waals surface area contributed by atoms with Crippen LogP contribution in [0.1, 0.15) is 24.8 Å². The van der Waals surface area contributed by atoms with Crippen LogP contribution in [0.25, 0.3) is 0 Å². The Labute approximate surface area is 95.1 Å². The molecular weight excluding hydrogens is 203 g/mol. The van der Waals surface area contributed by atoms with E-state index in [1.165, 1.54) is 12.1 Å². The molecule has 1 fully saturated rings. The number of hydrogen-bond acceptors (Lipinski definition) is 2. The molecule has 0 bridgehead atoms. The number of nitrogens with zero attached hydrogens (tertiary/aromatic N) is 1. The molecular formula is C13H15FN2. The molecule has 0 aromatic heterocycles. The average Bonchev–Trinajstić information content (AvgIpc) is 2.25. The minimum absolute atomic E-state index is 0.139. The molecule has 1 aromatic carbocycles. The van der Waals surface area contributed by atoms with Crippen LogP contribution >= 0.6 is 0 Å². The summed E-state index contributed by atoms with van der Waals surface area (Å²) in [5.74, 6) is -0.212. The molecule has 1 aliphatic rings. The Morgan fingerprint density at radius 1 is 1.31 bits per heavy atom. The fourth-order valence-electron chi connectivity index (χ4n) is 1.98. The Morgan fingerprint density at radius 3 is 2.50 bits per heavy atom. The van der Waals surface area contributed by atoms with Gasteiger partial charge in [0.2, 0.25) is 0 Å². The van der Waals surface area contributed by atoms with Gasteiger partial charge in [-0.2, -0.15) is 5.26 Å². The SMILES string of the molecule is N#CC1(CNCc2ccc(F)cc2)CCC1. The third-order valence-corrected chi connectivity index (χ3v) is 3.25. The topological polar surface area (TPSA) is 35.8 Å². The maximum absolute atomic E-state index is 12.7. The first-order chi connectivity index (χ1) is 7.74. The first-order valence-corrected chi connectivity index (χ1v) is 5.61. The zero-order valence-corrected chi connectivity index (χ0v) is 9.17. The van der Waals surface area contributed by atoms with Crippen molar-refractivity contribution in [3.8, 4) is 6.07 Å². The molecule has 1 saturated carbocycles. The Balaban J connectivity index is 1.80. The van der Waals surface area contributed by atoms with Crippen LogP contribution in [0.15, 0.2) is 24.3 Å². The second-order valence-corrected chi connectivity index (χ2v) is 4.48. The smallest absolute Gasteiger partial charge is 0.123 e. The predicted octanol–water partition coefficient (Wildman–Crippen LogP) is 2.61. The van der Waals surface area contributed by atoms with Crippen molar-refractivity contribution >= 4 is 0 Å². The third-order valence-electron chi connectivity index (χ3n) is 3.25. The quantitative estimate of drug-likeness (QED) is 0.843. The van der Waals surface area contributed by atoms with Gasteiger partial charge in [-0.25, -0.2) is 4.39 Å². The summed E-state index contributed by atoms with van der Waals surface area (Å²) in [4.78, 5) is 0. The fourth-order valence-corrected chi connectivity index (χ4v) is 1.98. The van der Waals surface area contributed by atoms with Crippen LogP contribution in [-0.2, 0) is 6.54 Å². The second kappa shape index (κ2) is 4.63. The standard InChI is InChI=1S/C13H15FN2/c14-12-4-2-11(3-5-12)8-16-10-13(9-15)6-1-7-13/h2-5,16H,1,6-8,10H2. The van der Waals surface area contributed by atoms with Gasteiger partial charge in [-0.15, -0.1) is 0 Å². The van der Waals surface area contributed by atoms with Crippen molar-refractivity contribution in [2.45, 2.75) is 25.8 Å². The van der Waals surface area contributed by atoms with Gasteiger partial charge in [-0.3, -0.25) is 0 Å². The van der Waals surface area contributed by atoms with Crippen LogP contribution in [-0.4, -0.2) is 6.54 Å². The molecule has 1 aromatic rings. The molecule has 3 heteroatoms. The fraction of sp³-hybridized carbons (Fsp3) is 0.462. The number of hydrogen-bond donors (Lipinski definition) is 1. The highest BCUT2D eigenvalue weighted by Gasteiger charge is 2.36. The maximum Gasteiger partial charge on any atom is 0.123 e. The van der Waals surface area contributed by atoms with E-state index in [1.54, 1.807) is 12.1 Å². The molecule has 1 N–H and O–H groups in total. The number of nitriles is 1. The molecule has 0 saturated heterocycles. The van der Waals surface area contributed by atoms with Crippen LogP contribution in [0.5, 0.6) is 0 Å². The first-order valence-electron chi connectivity index (χ1n) is 5.61. The van der Waals surface area contributed by atoms with Crippen molar-refractivity contribution in [2.75, 3.05) is 6.54 Å². The largest absolute Gasteiger partial charge is 0.311 e. The van der Waals surface area contributed by atoms with Crippen molar-refractivity contribution in [3.05, 3.63) is 35.6 Å². The lowest BCUT2D eigenvalue weighted by atomic mass is 9.70. The van der Waals surface area contributed by atoms with E-state index in [-0.39, 0.29) is 11.2 Å². The summed E-state index contributed by atoms with van der Waals surface area (Å²) in [7, 11) is 0. The lowest BCUT2D eigenvalue weighted by Crippen LogP contribution is -2.38. The van der Waals surface area contributed by atoms with Crippen LogP contribution < -0.4 is 5.32 Å². The monoisotopic (exact) mass is 218 g/mol. The molecule has 0 heterocycles. The molecule has 2 rings (SSSR count). The van der Waals surface area contributed by atoms with Gasteiger partial charge in [0.25, 0.3) is 0 Å². The minimum Gasteiger partial charge on any atom is -0.311 e. The van der Waals surface area contributed by atoms with Gasteiger partial charge in [0.05, 0.1) is 11.5 Å². The Kier molecular flexibility index (Phi) is 3.21. The maximum atomic E-state index is 12.7. The summed E-state index contributed by atoms with van der Waals surface area (Å²) in [5, 5.41) is 12.3. The minimum atomic E-state index is -0.212.